The number of hydrogen-bond acceptors (Lipinski definition) is 3. The average Bonchev–Trinajstić information content (AvgIpc) is 2.00. The van der Waals surface area contributed by atoms with E-state index in [0.29, 0.717) is 5.56 Å². The van der Waals surface area contributed by atoms with Crippen LogP contribution in [-0.2, 0) is 15.4 Å². The van der Waals surface area contributed by atoms with Crippen LogP contribution in [0.5, 0.6) is 0 Å². The first-order chi connectivity index (χ1) is 6.62. The maximum atomic E-state index is 11.3. The molecule has 0 bridgehead atoms. The fourth-order valence-electron chi connectivity index (χ4n) is 1.49. The smallest absolute Gasteiger partial charge is 0.175 e. The highest BCUT2D eigenvalue weighted by atomic mass is 32.2. The first-order valence-electron chi connectivity index (χ1n) is 4.66. The van der Waals surface area contributed by atoms with Gasteiger partial charge in [0, 0.05) is 6.26 Å². The molecule has 0 unspecified atom stereocenters. The highest BCUT2D eigenvalue weighted by Gasteiger charge is 2.20. The Morgan fingerprint density at radius 3 is 2.20 bits per heavy atom. The third kappa shape index (κ3) is 2.79. The van der Waals surface area contributed by atoms with Crippen LogP contribution in [-0.4, -0.2) is 19.8 Å². The van der Waals surface area contributed by atoms with E-state index in [9.17, 15) is 13.5 Å². The molecule has 0 fully saturated rings. The van der Waals surface area contributed by atoms with Gasteiger partial charge in [-0.05, 0) is 44.0 Å². The summed E-state index contributed by atoms with van der Waals surface area (Å²) in [6.07, 6.45) is 1.16. The number of aryl methyl sites for hydroxylation is 1. The van der Waals surface area contributed by atoms with E-state index in [0.717, 1.165) is 11.8 Å². The third-order valence-corrected chi connectivity index (χ3v) is 3.41. The maximum Gasteiger partial charge on any atom is 0.175 e. The summed E-state index contributed by atoms with van der Waals surface area (Å²) < 4.78 is 22.7. The van der Waals surface area contributed by atoms with Crippen LogP contribution in [0.25, 0.3) is 0 Å². The highest BCUT2D eigenvalue weighted by molar-refractivity contribution is 7.90. The normalized spacial score (nSPS) is 12.9. The minimum atomic E-state index is -3.21. The van der Waals surface area contributed by atoms with Crippen molar-refractivity contribution in [2.24, 2.45) is 0 Å². The van der Waals surface area contributed by atoms with Crippen LogP contribution in [0.3, 0.4) is 0 Å². The summed E-state index contributed by atoms with van der Waals surface area (Å²) in [6, 6.07) is 4.80. The van der Waals surface area contributed by atoms with Gasteiger partial charge in [0.05, 0.1) is 10.5 Å². The standard InChI is InChI=1S/C11H16O3S/c1-8-5-6-9(15(4,13)14)7-10(8)11(2,3)12/h5-7,12H,1-4H3. The molecule has 0 atom stereocenters. The van der Waals surface area contributed by atoms with Crippen molar-refractivity contribution in [3.05, 3.63) is 29.3 Å². The van der Waals surface area contributed by atoms with Gasteiger partial charge in [-0.3, -0.25) is 0 Å². The lowest BCUT2D eigenvalue weighted by Gasteiger charge is -2.20. The zero-order valence-corrected chi connectivity index (χ0v) is 10.2. The average molecular weight is 228 g/mol. The van der Waals surface area contributed by atoms with E-state index in [4.69, 9.17) is 0 Å². The summed E-state index contributed by atoms with van der Waals surface area (Å²) in [6.45, 7) is 5.13. The molecule has 0 saturated heterocycles. The van der Waals surface area contributed by atoms with Crippen molar-refractivity contribution < 1.29 is 13.5 Å². The minimum absolute atomic E-state index is 0.241. The summed E-state index contributed by atoms with van der Waals surface area (Å²) in [5.41, 5.74) is 0.505. The van der Waals surface area contributed by atoms with Crippen molar-refractivity contribution in [2.75, 3.05) is 6.26 Å². The lowest BCUT2D eigenvalue weighted by atomic mass is 9.94. The van der Waals surface area contributed by atoms with Gasteiger partial charge < -0.3 is 5.11 Å². The SMILES string of the molecule is Cc1ccc(S(C)(=O)=O)cc1C(C)(C)O. The van der Waals surface area contributed by atoms with E-state index in [2.05, 4.69) is 0 Å². The van der Waals surface area contributed by atoms with Gasteiger partial charge in [-0.1, -0.05) is 6.07 Å². The summed E-state index contributed by atoms with van der Waals surface area (Å²) >= 11 is 0. The number of aliphatic hydroxyl groups is 1. The first-order valence-corrected chi connectivity index (χ1v) is 6.55. The predicted octanol–water partition coefficient (Wildman–Crippen LogP) is 1.63. The zero-order chi connectivity index (χ0) is 11.9. The molecular weight excluding hydrogens is 212 g/mol. The van der Waals surface area contributed by atoms with Crippen molar-refractivity contribution >= 4 is 9.84 Å². The van der Waals surface area contributed by atoms with Crippen LogP contribution in [0.15, 0.2) is 23.1 Å². The van der Waals surface area contributed by atoms with Gasteiger partial charge in [0.2, 0.25) is 0 Å². The Hall–Kier alpha value is -0.870. The molecule has 84 valence electrons. The molecule has 15 heavy (non-hydrogen) atoms. The van der Waals surface area contributed by atoms with Crippen LogP contribution in [0, 0.1) is 6.92 Å². The zero-order valence-electron chi connectivity index (χ0n) is 9.40. The van der Waals surface area contributed by atoms with Crippen molar-refractivity contribution in [3.63, 3.8) is 0 Å². The maximum absolute atomic E-state index is 11.3. The Balaban J connectivity index is 3.43. The fourth-order valence-corrected chi connectivity index (χ4v) is 2.14. The van der Waals surface area contributed by atoms with Crippen molar-refractivity contribution in [1.29, 1.82) is 0 Å². The van der Waals surface area contributed by atoms with Gasteiger partial charge in [-0.25, -0.2) is 8.42 Å². The molecule has 1 aromatic rings. The van der Waals surface area contributed by atoms with Crippen molar-refractivity contribution in [3.8, 4) is 0 Å². The molecule has 0 aliphatic rings. The summed E-state index contributed by atoms with van der Waals surface area (Å²) in [5, 5.41) is 9.87. The molecule has 0 aliphatic heterocycles. The van der Waals surface area contributed by atoms with Crippen LogP contribution in [0.4, 0.5) is 0 Å². The quantitative estimate of drug-likeness (QED) is 0.837. The van der Waals surface area contributed by atoms with Gasteiger partial charge in [-0.15, -0.1) is 0 Å². The van der Waals surface area contributed by atoms with Gasteiger partial charge in [0.1, 0.15) is 0 Å². The van der Waals surface area contributed by atoms with Gasteiger partial charge >= 0.3 is 0 Å². The number of benzene rings is 1. The minimum Gasteiger partial charge on any atom is -0.386 e. The van der Waals surface area contributed by atoms with Crippen LogP contribution >= 0.6 is 0 Å². The second-order valence-corrected chi connectivity index (χ2v) is 6.32. The fraction of sp³-hybridized carbons (Fsp3) is 0.455. The van der Waals surface area contributed by atoms with Gasteiger partial charge in [0.15, 0.2) is 9.84 Å². The van der Waals surface area contributed by atoms with E-state index >= 15 is 0 Å². The Kier molecular flexibility index (Phi) is 2.94. The number of hydrogen-bond donors (Lipinski definition) is 1. The summed E-state index contributed by atoms with van der Waals surface area (Å²) in [5.74, 6) is 0. The number of sulfone groups is 1. The molecule has 3 nitrogen and oxygen atoms in total. The molecule has 0 saturated carbocycles. The molecule has 0 spiro atoms. The molecule has 0 amide bonds. The lowest BCUT2D eigenvalue weighted by Crippen LogP contribution is -2.17. The molecule has 0 heterocycles. The molecule has 1 aromatic carbocycles. The number of rotatable bonds is 2. The predicted molar refractivity (Wildman–Crippen MR) is 59.5 cm³/mol. The van der Waals surface area contributed by atoms with Crippen molar-refractivity contribution in [2.45, 2.75) is 31.3 Å². The molecule has 4 heteroatoms. The van der Waals surface area contributed by atoms with E-state index < -0.39 is 15.4 Å². The third-order valence-electron chi connectivity index (χ3n) is 2.30. The largest absolute Gasteiger partial charge is 0.386 e. The van der Waals surface area contributed by atoms with Gasteiger partial charge in [-0.2, -0.15) is 0 Å². The van der Waals surface area contributed by atoms with E-state index in [-0.39, 0.29) is 4.90 Å². The molecule has 0 aromatic heterocycles. The first kappa shape index (κ1) is 12.2. The Bertz CT molecular complexity index is 467. The molecule has 0 radical (unpaired) electrons. The van der Waals surface area contributed by atoms with Crippen LogP contribution in [0.1, 0.15) is 25.0 Å². The van der Waals surface area contributed by atoms with Crippen LogP contribution in [0.2, 0.25) is 0 Å². The summed E-state index contributed by atoms with van der Waals surface area (Å²) in [7, 11) is -3.21. The van der Waals surface area contributed by atoms with Crippen LogP contribution < -0.4 is 0 Å². The van der Waals surface area contributed by atoms with Crippen molar-refractivity contribution in [1.82, 2.24) is 0 Å². The Morgan fingerprint density at radius 1 is 1.27 bits per heavy atom. The molecule has 1 N–H and O–H groups in total. The summed E-state index contributed by atoms with van der Waals surface area (Å²) in [4.78, 5) is 0.241. The topological polar surface area (TPSA) is 54.4 Å². The Morgan fingerprint density at radius 2 is 1.80 bits per heavy atom. The highest BCUT2D eigenvalue weighted by Crippen LogP contribution is 2.25. The lowest BCUT2D eigenvalue weighted by molar-refractivity contribution is 0.0777. The Labute approximate surface area is 90.7 Å². The molecule has 1 rings (SSSR count). The second kappa shape index (κ2) is 3.61. The van der Waals surface area contributed by atoms with E-state index in [1.165, 1.54) is 6.07 Å². The molecular formula is C11H16O3S. The monoisotopic (exact) mass is 228 g/mol. The molecule has 0 aliphatic carbocycles. The van der Waals surface area contributed by atoms with E-state index in [1.54, 1.807) is 26.0 Å². The van der Waals surface area contributed by atoms with Gasteiger partial charge in [0.25, 0.3) is 0 Å². The van der Waals surface area contributed by atoms with E-state index in [1.807, 2.05) is 6.92 Å². The second-order valence-electron chi connectivity index (χ2n) is 4.31.